The van der Waals surface area contributed by atoms with Gasteiger partial charge in [0.15, 0.2) is 0 Å². The number of esters is 1. The van der Waals surface area contributed by atoms with Gasteiger partial charge in [0.25, 0.3) is 0 Å². The number of likely N-dealkylation sites (N-methyl/N-ethyl adjacent to an activating group) is 1. The molecule has 1 saturated heterocycles. The van der Waals surface area contributed by atoms with Crippen LogP contribution in [0.25, 0.3) is 0 Å². The summed E-state index contributed by atoms with van der Waals surface area (Å²) in [4.78, 5) is 45.6. The molecule has 0 aromatic carbocycles. The molecule has 0 radical (unpaired) electrons. The molecule has 3 rings (SSSR count). The van der Waals surface area contributed by atoms with Crippen molar-refractivity contribution in [2.75, 3.05) is 54.5 Å². The normalized spacial score (nSPS) is 14.3. The summed E-state index contributed by atoms with van der Waals surface area (Å²) in [6.45, 7) is 7.30. The fourth-order valence-corrected chi connectivity index (χ4v) is 3.25. The molecule has 2 aromatic heterocycles. The Balaban J connectivity index is 1.78. The Morgan fingerprint density at radius 3 is 2.32 bits per heavy atom. The summed E-state index contributed by atoms with van der Waals surface area (Å²) in [6.07, 6.45) is 4.63. The molecule has 3 heterocycles. The van der Waals surface area contributed by atoms with Gasteiger partial charge in [0, 0.05) is 45.6 Å². The van der Waals surface area contributed by atoms with Gasteiger partial charge in [-0.15, -0.1) is 0 Å². The Morgan fingerprint density at radius 2 is 1.74 bits per heavy atom. The van der Waals surface area contributed by atoms with Crippen LogP contribution in [0, 0.1) is 10.1 Å². The fraction of sp³-hybridized carbons (Fsp3) is 0.526. The van der Waals surface area contributed by atoms with E-state index in [4.69, 9.17) is 4.74 Å². The first-order valence-corrected chi connectivity index (χ1v) is 9.85. The number of piperazine rings is 1. The zero-order chi connectivity index (χ0) is 22.6. The number of aromatic nitrogens is 4. The van der Waals surface area contributed by atoms with Crippen molar-refractivity contribution in [3.8, 4) is 0 Å². The highest BCUT2D eigenvalue weighted by Crippen LogP contribution is 2.34. The monoisotopic (exact) mass is 430 g/mol. The molecule has 0 N–H and O–H groups in total. The average Bonchev–Trinajstić information content (AvgIpc) is 2.72. The summed E-state index contributed by atoms with van der Waals surface area (Å²) in [5.74, 6) is 0.410. The standard InChI is InChI=1S/C19H26N8O4/c1-19(2,3)31-14(28)12-24(4)16-15(27(29)30)17(23-13-22-16)25-8-10-26(11-9-25)18-20-6-5-7-21-18/h5-7,13H,8-12H2,1-4H3. The van der Waals surface area contributed by atoms with Crippen LogP contribution in [-0.4, -0.2) is 76.2 Å². The molecule has 166 valence electrons. The van der Waals surface area contributed by atoms with Gasteiger partial charge in [0.1, 0.15) is 18.5 Å². The van der Waals surface area contributed by atoms with Crippen LogP contribution in [-0.2, 0) is 9.53 Å². The molecule has 1 fully saturated rings. The number of hydrogen-bond donors (Lipinski definition) is 0. The van der Waals surface area contributed by atoms with Gasteiger partial charge in [-0.1, -0.05) is 0 Å². The SMILES string of the molecule is CN(CC(=O)OC(C)(C)C)c1ncnc(N2CCN(c3ncccn3)CC2)c1[N+](=O)[O-]. The summed E-state index contributed by atoms with van der Waals surface area (Å²) in [7, 11) is 1.56. The average molecular weight is 430 g/mol. The maximum atomic E-state index is 12.2. The molecule has 2 aromatic rings. The van der Waals surface area contributed by atoms with Gasteiger partial charge in [0.05, 0.1) is 4.92 Å². The number of nitro groups is 1. The second-order valence-corrected chi connectivity index (χ2v) is 8.09. The Morgan fingerprint density at radius 1 is 1.13 bits per heavy atom. The number of carbonyl (C=O) groups excluding carboxylic acids is 1. The zero-order valence-electron chi connectivity index (χ0n) is 18.1. The third-order valence-electron chi connectivity index (χ3n) is 4.53. The molecule has 12 heteroatoms. The maximum Gasteiger partial charge on any atom is 0.353 e. The second-order valence-electron chi connectivity index (χ2n) is 8.09. The van der Waals surface area contributed by atoms with Crippen LogP contribution < -0.4 is 14.7 Å². The van der Waals surface area contributed by atoms with Crippen molar-refractivity contribution in [3.63, 3.8) is 0 Å². The van der Waals surface area contributed by atoms with E-state index < -0.39 is 16.5 Å². The number of hydrogen-bond acceptors (Lipinski definition) is 11. The van der Waals surface area contributed by atoms with Gasteiger partial charge in [-0.05, 0) is 26.8 Å². The maximum absolute atomic E-state index is 12.2. The summed E-state index contributed by atoms with van der Waals surface area (Å²) in [5.41, 5.74) is -0.888. The number of nitrogens with zero attached hydrogens (tertiary/aromatic N) is 8. The van der Waals surface area contributed by atoms with Crippen LogP contribution in [0.1, 0.15) is 20.8 Å². The third-order valence-corrected chi connectivity index (χ3v) is 4.53. The molecule has 0 saturated carbocycles. The van der Waals surface area contributed by atoms with Crippen molar-refractivity contribution < 1.29 is 14.5 Å². The molecule has 0 atom stereocenters. The topological polar surface area (TPSA) is 131 Å². The van der Waals surface area contributed by atoms with E-state index in [1.807, 2.05) is 9.80 Å². The first-order valence-electron chi connectivity index (χ1n) is 9.85. The Hall–Kier alpha value is -3.57. The summed E-state index contributed by atoms with van der Waals surface area (Å²) in [5, 5.41) is 11.9. The van der Waals surface area contributed by atoms with E-state index in [1.54, 1.807) is 46.3 Å². The lowest BCUT2D eigenvalue weighted by Gasteiger charge is -2.35. The van der Waals surface area contributed by atoms with Gasteiger partial charge in [-0.25, -0.2) is 19.9 Å². The number of ether oxygens (including phenoxy) is 1. The molecule has 0 unspecified atom stereocenters. The summed E-state index contributed by atoms with van der Waals surface area (Å²) >= 11 is 0. The molecular weight excluding hydrogens is 404 g/mol. The molecule has 0 aliphatic carbocycles. The highest BCUT2D eigenvalue weighted by Gasteiger charge is 2.32. The minimum atomic E-state index is -0.650. The fourth-order valence-electron chi connectivity index (χ4n) is 3.25. The van der Waals surface area contributed by atoms with Gasteiger partial charge in [0.2, 0.25) is 17.6 Å². The first-order chi connectivity index (χ1) is 14.7. The van der Waals surface area contributed by atoms with Crippen molar-refractivity contribution in [3.05, 3.63) is 34.9 Å². The van der Waals surface area contributed by atoms with Crippen LogP contribution in [0.2, 0.25) is 0 Å². The van der Waals surface area contributed by atoms with Crippen molar-refractivity contribution in [2.24, 2.45) is 0 Å². The van der Waals surface area contributed by atoms with Crippen molar-refractivity contribution in [1.29, 1.82) is 0 Å². The van der Waals surface area contributed by atoms with Crippen LogP contribution >= 0.6 is 0 Å². The highest BCUT2D eigenvalue weighted by atomic mass is 16.6. The Kier molecular flexibility index (Phi) is 6.47. The quantitative estimate of drug-likeness (QED) is 0.373. The molecule has 31 heavy (non-hydrogen) atoms. The number of rotatable bonds is 6. The van der Waals surface area contributed by atoms with E-state index in [1.165, 1.54) is 11.2 Å². The van der Waals surface area contributed by atoms with E-state index in [9.17, 15) is 14.9 Å². The lowest BCUT2D eigenvalue weighted by atomic mass is 10.2. The van der Waals surface area contributed by atoms with E-state index in [0.717, 1.165) is 0 Å². The highest BCUT2D eigenvalue weighted by molar-refractivity contribution is 5.79. The van der Waals surface area contributed by atoms with Gasteiger partial charge in [-0.2, -0.15) is 0 Å². The first kappa shape index (κ1) is 22.1. The minimum Gasteiger partial charge on any atom is -0.459 e. The lowest BCUT2D eigenvalue weighted by Crippen LogP contribution is -2.47. The van der Waals surface area contributed by atoms with Crippen molar-refractivity contribution in [2.45, 2.75) is 26.4 Å². The molecule has 0 amide bonds. The largest absolute Gasteiger partial charge is 0.459 e. The van der Waals surface area contributed by atoms with Crippen LogP contribution in [0.5, 0.6) is 0 Å². The second kappa shape index (κ2) is 9.06. The van der Waals surface area contributed by atoms with E-state index in [0.29, 0.717) is 32.1 Å². The van der Waals surface area contributed by atoms with Crippen LogP contribution in [0.3, 0.4) is 0 Å². The van der Waals surface area contributed by atoms with Crippen molar-refractivity contribution >= 4 is 29.2 Å². The summed E-state index contributed by atoms with van der Waals surface area (Å²) in [6, 6.07) is 1.75. The van der Waals surface area contributed by atoms with E-state index >= 15 is 0 Å². The Labute approximate surface area is 180 Å². The predicted molar refractivity (Wildman–Crippen MR) is 114 cm³/mol. The van der Waals surface area contributed by atoms with E-state index in [2.05, 4.69) is 19.9 Å². The number of carbonyl (C=O) groups is 1. The molecular formula is C19H26N8O4. The Bertz CT molecular complexity index is 926. The third kappa shape index (κ3) is 5.53. The molecule has 1 aliphatic heterocycles. The molecule has 0 spiro atoms. The van der Waals surface area contributed by atoms with Crippen molar-refractivity contribution in [1.82, 2.24) is 19.9 Å². The predicted octanol–water partition coefficient (Wildman–Crippen LogP) is 1.28. The number of anilines is 3. The van der Waals surface area contributed by atoms with Gasteiger partial charge in [-0.3, -0.25) is 14.9 Å². The lowest BCUT2D eigenvalue weighted by molar-refractivity contribution is -0.383. The van der Waals surface area contributed by atoms with Crippen LogP contribution in [0.15, 0.2) is 24.8 Å². The minimum absolute atomic E-state index is 0.0645. The molecule has 12 nitrogen and oxygen atoms in total. The van der Waals surface area contributed by atoms with Gasteiger partial charge >= 0.3 is 11.7 Å². The smallest absolute Gasteiger partial charge is 0.353 e. The van der Waals surface area contributed by atoms with E-state index in [-0.39, 0.29) is 23.9 Å². The zero-order valence-corrected chi connectivity index (χ0v) is 18.1. The molecule has 1 aliphatic rings. The summed E-state index contributed by atoms with van der Waals surface area (Å²) < 4.78 is 5.31. The van der Waals surface area contributed by atoms with Crippen LogP contribution in [0.4, 0.5) is 23.3 Å². The molecule has 0 bridgehead atoms. The van der Waals surface area contributed by atoms with Gasteiger partial charge < -0.3 is 19.4 Å².